The van der Waals surface area contributed by atoms with E-state index in [9.17, 15) is 10.2 Å². The Morgan fingerprint density at radius 1 is 0.952 bits per heavy atom. The van der Waals surface area contributed by atoms with E-state index in [4.69, 9.17) is 24.2 Å². The second-order valence-electron chi connectivity index (χ2n) is 18.6. The highest BCUT2D eigenvalue weighted by Gasteiger charge is 2.66. The van der Waals surface area contributed by atoms with Crippen LogP contribution in [0.2, 0.25) is 0 Å². The van der Waals surface area contributed by atoms with Crippen LogP contribution in [0.1, 0.15) is 95.6 Å². The van der Waals surface area contributed by atoms with E-state index in [-0.39, 0.29) is 49.4 Å². The van der Waals surface area contributed by atoms with Crippen LogP contribution in [-0.4, -0.2) is 70.2 Å². The number of allylic oxidation sites excluding steroid dienone is 1. The Morgan fingerprint density at radius 3 is 2.40 bits per heavy atom. The first-order valence-electron chi connectivity index (χ1n) is 22.9. The lowest BCUT2D eigenvalue weighted by molar-refractivity contribution is -0.258. The van der Waals surface area contributed by atoms with Gasteiger partial charge in [0.25, 0.3) is 0 Å². The van der Waals surface area contributed by atoms with Crippen LogP contribution in [0.3, 0.4) is 0 Å². The molecule has 3 aliphatic carbocycles. The van der Waals surface area contributed by atoms with Crippen LogP contribution in [-0.2, 0) is 20.9 Å². The molecule has 0 spiro atoms. The molecule has 2 saturated carbocycles. The maximum absolute atomic E-state index is 15.1. The van der Waals surface area contributed by atoms with Crippen molar-refractivity contribution in [1.29, 1.82) is 0 Å². The lowest BCUT2D eigenvalue weighted by Gasteiger charge is -2.60. The Labute approximate surface area is 377 Å². The Morgan fingerprint density at radius 2 is 1.68 bits per heavy atom. The van der Waals surface area contributed by atoms with Crippen LogP contribution in [0.25, 0.3) is 10.8 Å². The topological polar surface area (TPSA) is 110 Å². The van der Waals surface area contributed by atoms with Crippen LogP contribution < -0.4 is 9.47 Å². The molecule has 4 aromatic carbocycles. The SMILES string of the molecule is C=CCO[C@@]12Oc3ccc(Oc4ccc(SC)cc4)cc3[C@H]3[C@H](CCCCO)[C@@H](CCCCO)C=C(C(=NOC(C)(C)C)C[C@@H]1N(Cc1cccc4ccccc14)C(=O)C1CC1)[C@H]32. The molecule has 0 unspecified atom stereocenters. The van der Waals surface area contributed by atoms with E-state index in [2.05, 4.69) is 78.4 Å². The monoisotopic (exact) mass is 872 g/mol. The van der Waals surface area contributed by atoms with Gasteiger partial charge in [0.15, 0.2) is 0 Å². The van der Waals surface area contributed by atoms with E-state index < -0.39 is 23.3 Å². The molecule has 63 heavy (non-hydrogen) atoms. The van der Waals surface area contributed by atoms with Gasteiger partial charge in [-0.25, -0.2) is 0 Å². The number of thioether (sulfide) groups is 1. The van der Waals surface area contributed by atoms with Crippen LogP contribution in [0, 0.1) is 23.7 Å². The third-order valence-electron chi connectivity index (χ3n) is 13.2. The van der Waals surface area contributed by atoms with Gasteiger partial charge in [-0.1, -0.05) is 72.6 Å². The number of ether oxygens (including phenoxy) is 3. The summed E-state index contributed by atoms with van der Waals surface area (Å²) in [4.78, 5) is 24.7. The largest absolute Gasteiger partial charge is 0.459 e. The van der Waals surface area contributed by atoms with E-state index in [1.807, 2.05) is 51.1 Å². The fourth-order valence-electron chi connectivity index (χ4n) is 10.2. The molecule has 4 aliphatic rings. The van der Waals surface area contributed by atoms with Crippen molar-refractivity contribution < 1.29 is 34.1 Å². The van der Waals surface area contributed by atoms with Gasteiger partial charge in [0, 0.05) is 48.5 Å². The highest BCUT2D eigenvalue weighted by atomic mass is 32.2. The Kier molecular flexibility index (Phi) is 14.0. The summed E-state index contributed by atoms with van der Waals surface area (Å²) in [7, 11) is 0. The summed E-state index contributed by atoms with van der Waals surface area (Å²) >= 11 is 1.69. The van der Waals surface area contributed by atoms with Crippen molar-refractivity contribution in [2.45, 2.75) is 113 Å². The number of hydrogen-bond donors (Lipinski definition) is 2. The van der Waals surface area contributed by atoms with Crippen molar-refractivity contribution in [2.75, 3.05) is 26.1 Å². The summed E-state index contributed by atoms with van der Waals surface area (Å²) < 4.78 is 21.4. The first kappa shape index (κ1) is 45.0. The number of fused-ring (bicyclic) bond motifs is 3. The van der Waals surface area contributed by atoms with Crippen molar-refractivity contribution in [3.05, 3.63) is 120 Å². The highest BCUT2D eigenvalue weighted by molar-refractivity contribution is 7.98. The number of nitrogens with zero attached hydrogens (tertiary/aromatic N) is 2. The number of hydrogen-bond acceptors (Lipinski definition) is 9. The van der Waals surface area contributed by atoms with Crippen molar-refractivity contribution in [3.8, 4) is 17.2 Å². The molecule has 8 rings (SSSR count). The third-order valence-corrected chi connectivity index (χ3v) is 13.9. The van der Waals surface area contributed by atoms with Gasteiger partial charge in [-0.05, 0) is 142 Å². The summed E-state index contributed by atoms with van der Waals surface area (Å²) in [6.07, 6.45) is 13.1. The van der Waals surface area contributed by atoms with Crippen LogP contribution in [0.4, 0.5) is 0 Å². The summed E-state index contributed by atoms with van der Waals surface area (Å²) in [6, 6.07) is 28.3. The molecule has 1 amide bonds. The van der Waals surface area contributed by atoms with Crippen LogP contribution in [0.15, 0.2) is 119 Å². The predicted octanol–water partition coefficient (Wildman–Crippen LogP) is 11.2. The quantitative estimate of drug-likeness (QED) is 0.0415. The number of benzene rings is 4. The highest BCUT2D eigenvalue weighted by Crippen LogP contribution is 2.62. The number of oxime groups is 1. The number of aliphatic hydroxyl groups is 2. The minimum absolute atomic E-state index is 0.0792. The number of amides is 1. The summed E-state index contributed by atoms with van der Waals surface area (Å²) in [5, 5.41) is 27.3. The van der Waals surface area contributed by atoms with Gasteiger partial charge in [-0.15, -0.1) is 18.3 Å². The van der Waals surface area contributed by atoms with Gasteiger partial charge in [0.05, 0.1) is 18.2 Å². The Bertz CT molecular complexity index is 2290. The summed E-state index contributed by atoms with van der Waals surface area (Å²) in [5.74, 6) is 0.486. The molecule has 10 heteroatoms. The minimum Gasteiger partial charge on any atom is -0.459 e. The van der Waals surface area contributed by atoms with E-state index >= 15 is 4.79 Å². The molecular weight excluding hydrogens is 809 g/mol. The first-order chi connectivity index (χ1) is 30.6. The second kappa shape index (κ2) is 19.6. The molecule has 9 nitrogen and oxygen atoms in total. The zero-order valence-electron chi connectivity index (χ0n) is 37.3. The average Bonchev–Trinajstić information content (AvgIpc) is 4.14. The summed E-state index contributed by atoms with van der Waals surface area (Å²) in [5.41, 5.74) is 3.32. The number of carbonyl (C=O) groups is 1. The van der Waals surface area contributed by atoms with Crippen molar-refractivity contribution in [3.63, 3.8) is 0 Å². The van der Waals surface area contributed by atoms with Gasteiger partial charge in [0.1, 0.15) is 28.9 Å². The lowest BCUT2D eigenvalue weighted by atomic mass is 9.55. The Hall–Kier alpha value is -4.61. The first-order valence-corrected chi connectivity index (χ1v) is 24.2. The minimum atomic E-state index is -1.34. The molecule has 6 atom stereocenters. The van der Waals surface area contributed by atoms with E-state index in [1.54, 1.807) is 17.8 Å². The fraction of sp³-hybridized carbons (Fsp3) is 0.472. The molecule has 1 heterocycles. The number of aliphatic hydroxyl groups excluding tert-OH is 2. The molecule has 4 aromatic rings. The molecule has 0 aromatic heterocycles. The van der Waals surface area contributed by atoms with Crippen LogP contribution >= 0.6 is 11.8 Å². The lowest BCUT2D eigenvalue weighted by Crippen LogP contribution is -2.70. The van der Waals surface area contributed by atoms with E-state index in [0.29, 0.717) is 37.3 Å². The fourth-order valence-corrected chi connectivity index (χ4v) is 10.6. The zero-order chi connectivity index (χ0) is 44.1. The van der Waals surface area contributed by atoms with Gasteiger partial charge in [0.2, 0.25) is 11.7 Å². The molecule has 0 saturated heterocycles. The smallest absolute Gasteiger partial charge is 0.239 e. The van der Waals surface area contributed by atoms with Gasteiger partial charge in [-0.3, -0.25) is 4.79 Å². The number of carbonyl (C=O) groups excluding carboxylic acids is 1. The van der Waals surface area contributed by atoms with Gasteiger partial charge >= 0.3 is 0 Å². The van der Waals surface area contributed by atoms with Crippen LogP contribution in [0.5, 0.6) is 17.2 Å². The maximum Gasteiger partial charge on any atom is 0.239 e. The molecular formula is C53H64N2O7S. The standard InChI is InChI=1S/C53H64N2O7S/c1-6-30-59-53-48(55(51(58)36-20-21-36)34-38-17-13-16-35-14-7-8-18-42(35)38)33-46(54-62-52(2,3)4)44-31-37(15-9-11-28-56)43(19-10-12-29-57)49(50(44)53)45-32-40(24-27-47(45)61-53)60-39-22-25-41(63-5)26-23-39/h6-8,13-14,16-18,22-27,31-32,36-37,43,48-50,56-57H,1,9-12,15,19-21,28-30,33-34H2,2-5H3/t37-,43+,48-,49+,50+,53+/m0/s1. The average molecular weight is 873 g/mol. The van der Waals surface area contributed by atoms with Gasteiger partial charge in [-0.2, -0.15) is 0 Å². The van der Waals surface area contributed by atoms with Crippen molar-refractivity contribution in [2.24, 2.45) is 28.8 Å². The molecule has 334 valence electrons. The summed E-state index contributed by atoms with van der Waals surface area (Å²) in [6.45, 7) is 10.9. The Balaban J connectivity index is 1.35. The van der Waals surface area contributed by atoms with Crippen molar-refractivity contribution >= 4 is 34.2 Å². The predicted molar refractivity (Wildman–Crippen MR) is 251 cm³/mol. The van der Waals surface area contributed by atoms with E-state index in [0.717, 1.165) is 82.4 Å². The maximum atomic E-state index is 15.1. The second-order valence-corrected chi connectivity index (χ2v) is 19.5. The molecule has 2 fully saturated rings. The normalized spacial score (nSPS) is 24.5. The van der Waals surface area contributed by atoms with Gasteiger partial charge < -0.3 is 34.2 Å². The number of rotatable bonds is 19. The number of unbranched alkanes of at least 4 members (excludes halogenated alkanes) is 2. The van der Waals surface area contributed by atoms with Crippen molar-refractivity contribution in [1.82, 2.24) is 4.90 Å². The molecule has 2 N–H and O–H groups in total. The molecule has 1 aliphatic heterocycles. The molecule has 0 radical (unpaired) electrons. The third kappa shape index (κ3) is 9.75. The van der Waals surface area contributed by atoms with E-state index in [1.165, 1.54) is 0 Å². The molecule has 0 bridgehead atoms. The zero-order valence-corrected chi connectivity index (χ0v) is 38.2.